The summed E-state index contributed by atoms with van der Waals surface area (Å²) in [5, 5.41) is 5.53. The Morgan fingerprint density at radius 2 is 1.85 bits per heavy atom. The van der Waals surface area contributed by atoms with Crippen molar-refractivity contribution >= 4 is 17.4 Å². The molecular formula is C20H17F2N3O2. The van der Waals surface area contributed by atoms with Gasteiger partial charge in [0.05, 0.1) is 18.4 Å². The van der Waals surface area contributed by atoms with Crippen LogP contribution in [0.15, 0.2) is 60.8 Å². The van der Waals surface area contributed by atoms with Crippen LogP contribution in [-0.2, 0) is 6.54 Å². The number of methoxy groups -OCH3 is 1. The highest BCUT2D eigenvalue weighted by Gasteiger charge is 2.10. The van der Waals surface area contributed by atoms with Gasteiger partial charge in [-0.1, -0.05) is 12.1 Å². The molecule has 0 unspecified atom stereocenters. The van der Waals surface area contributed by atoms with Crippen LogP contribution in [-0.4, -0.2) is 18.0 Å². The molecule has 3 rings (SSSR count). The number of pyridine rings is 1. The lowest BCUT2D eigenvalue weighted by atomic mass is 10.2. The maximum atomic E-state index is 13.6. The first-order valence-electron chi connectivity index (χ1n) is 8.14. The molecule has 2 aromatic carbocycles. The molecule has 7 heteroatoms. The number of hydrogen-bond donors (Lipinski definition) is 2. The molecule has 2 N–H and O–H groups in total. The van der Waals surface area contributed by atoms with Gasteiger partial charge in [-0.3, -0.25) is 4.79 Å². The number of ether oxygens (including phenoxy) is 1. The van der Waals surface area contributed by atoms with E-state index >= 15 is 0 Å². The van der Waals surface area contributed by atoms with Gasteiger partial charge in [0.15, 0.2) is 0 Å². The second-order valence-corrected chi connectivity index (χ2v) is 5.71. The molecule has 0 fully saturated rings. The smallest absolute Gasteiger partial charge is 0.257 e. The maximum Gasteiger partial charge on any atom is 0.257 e. The average Bonchev–Trinajstić information content (AvgIpc) is 2.69. The van der Waals surface area contributed by atoms with Crippen molar-refractivity contribution in [3.63, 3.8) is 0 Å². The number of nitrogens with one attached hydrogen (secondary N) is 2. The van der Waals surface area contributed by atoms with Crippen molar-refractivity contribution in [2.45, 2.75) is 6.54 Å². The number of rotatable bonds is 6. The highest BCUT2D eigenvalue weighted by Crippen LogP contribution is 2.17. The van der Waals surface area contributed by atoms with Gasteiger partial charge in [-0.05, 0) is 42.0 Å². The molecule has 0 atom stereocenters. The first-order valence-corrected chi connectivity index (χ1v) is 8.14. The van der Waals surface area contributed by atoms with Crippen LogP contribution < -0.4 is 15.4 Å². The number of carbonyl (C=O) groups excluding carboxylic acids is 1. The van der Waals surface area contributed by atoms with E-state index in [1.54, 1.807) is 19.2 Å². The normalized spacial score (nSPS) is 10.3. The summed E-state index contributed by atoms with van der Waals surface area (Å²) in [5.41, 5.74) is 1.21. The van der Waals surface area contributed by atoms with Crippen LogP contribution in [0.5, 0.6) is 5.75 Å². The molecule has 5 nitrogen and oxygen atoms in total. The van der Waals surface area contributed by atoms with Crippen molar-refractivity contribution in [1.29, 1.82) is 0 Å². The summed E-state index contributed by atoms with van der Waals surface area (Å²) in [5.74, 6) is -0.705. The second kappa shape index (κ2) is 8.27. The van der Waals surface area contributed by atoms with E-state index in [9.17, 15) is 13.6 Å². The topological polar surface area (TPSA) is 63.2 Å². The summed E-state index contributed by atoms with van der Waals surface area (Å²) in [6.45, 7) is 0.559. The molecule has 0 saturated heterocycles. The molecular weight excluding hydrogens is 352 g/mol. The molecule has 27 heavy (non-hydrogen) atoms. The fraction of sp³-hybridized carbons (Fsp3) is 0.100. The first-order chi connectivity index (χ1) is 13.0. The van der Waals surface area contributed by atoms with Crippen molar-refractivity contribution in [2.75, 3.05) is 17.7 Å². The van der Waals surface area contributed by atoms with Crippen LogP contribution in [0.2, 0.25) is 0 Å². The van der Waals surface area contributed by atoms with Crippen LogP contribution in [0.3, 0.4) is 0 Å². The summed E-state index contributed by atoms with van der Waals surface area (Å²) >= 11 is 0. The van der Waals surface area contributed by atoms with Crippen LogP contribution in [0, 0.1) is 11.6 Å². The molecule has 0 spiro atoms. The van der Waals surface area contributed by atoms with Crippen molar-refractivity contribution in [3.05, 3.63) is 83.6 Å². The van der Waals surface area contributed by atoms with E-state index in [0.29, 0.717) is 18.4 Å². The van der Waals surface area contributed by atoms with E-state index in [0.717, 1.165) is 17.4 Å². The Balaban J connectivity index is 1.59. The lowest BCUT2D eigenvalue weighted by Crippen LogP contribution is -2.13. The standard InChI is InChI=1S/C20H17F2N3O2/c1-27-16-6-2-13(3-7-16)11-23-19-9-4-14(12-24-19)20(26)25-18-8-5-15(21)10-17(18)22/h2-10,12H,11H2,1H3,(H,23,24)(H,25,26). The Kier molecular flexibility index (Phi) is 5.61. The predicted molar refractivity (Wildman–Crippen MR) is 98.9 cm³/mol. The summed E-state index contributed by atoms with van der Waals surface area (Å²) in [7, 11) is 1.61. The molecule has 138 valence electrons. The second-order valence-electron chi connectivity index (χ2n) is 5.71. The third-order valence-corrected chi connectivity index (χ3v) is 3.84. The molecule has 1 amide bonds. The van der Waals surface area contributed by atoms with E-state index in [4.69, 9.17) is 4.74 Å². The van der Waals surface area contributed by atoms with Crippen molar-refractivity contribution in [2.24, 2.45) is 0 Å². The van der Waals surface area contributed by atoms with Crippen molar-refractivity contribution in [3.8, 4) is 5.75 Å². The van der Waals surface area contributed by atoms with Crippen LogP contribution in [0.1, 0.15) is 15.9 Å². The lowest BCUT2D eigenvalue weighted by molar-refractivity contribution is 0.102. The Morgan fingerprint density at radius 1 is 1.07 bits per heavy atom. The van der Waals surface area contributed by atoms with Gasteiger partial charge in [-0.2, -0.15) is 0 Å². The zero-order valence-corrected chi connectivity index (χ0v) is 14.5. The Morgan fingerprint density at radius 3 is 2.48 bits per heavy atom. The van der Waals surface area contributed by atoms with E-state index in [2.05, 4.69) is 15.6 Å². The van der Waals surface area contributed by atoms with E-state index < -0.39 is 17.5 Å². The number of halogens is 2. The summed E-state index contributed by atoms with van der Waals surface area (Å²) in [6.07, 6.45) is 1.38. The third kappa shape index (κ3) is 4.78. The predicted octanol–water partition coefficient (Wildman–Crippen LogP) is 4.23. The van der Waals surface area contributed by atoms with Gasteiger partial charge in [0.25, 0.3) is 5.91 Å². The van der Waals surface area contributed by atoms with Crippen molar-refractivity contribution < 1.29 is 18.3 Å². The molecule has 0 bridgehead atoms. The van der Waals surface area contributed by atoms with Gasteiger partial charge in [0.1, 0.15) is 23.2 Å². The minimum Gasteiger partial charge on any atom is -0.497 e. The summed E-state index contributed by atoms with van der Waals surface area (Å²) in [6, 6.07) is 13.8. The van der Waals surface area contributed by atoms with E-state index in [-0.39, 0.29) is 11.3 Å². The minimum absolute atomic E-state index is 0.0943. The Labute approximate surface area is 155 Å². The quantitative estimate of drug-likeness (QED) is 0.682. The molecule has 0 aliphatic heterocycles. The van der Waals surface area contributed by atoms with Crippen LogP contribution >= 0.6 is 0 Å². The largest absolute Gasteiger partial charge is 0.497 e. The van der Waals surface area contributed by atoms with Gasteiger partial charge in [-0.15, -0.1) is 0 Å². The van der Waals surface area contributed by atoms with Gasteiger partial charge < -0.3 is 15.4 Å². The fourth-order valence-electron chi connectivity index (χ4n) is 2.35. The summed E-state index contributed by atoms with van der Waals surface area (Å²) < 4.78 is 31.6. The molecule has 0 saturated carbocycles. The number of nitrogens with zero attached hydrogens (tertiary/aromatic N) is 1. The highest BCUT2D eigenvalue weighted by molar-refractivity contribution is 6.04. The molecule has 0 radical (unpaired) electrons. The van der Waals surface area contributed by atoms with Crippen LogP contribution in [0.25, 0.3) is 0 Å². The van der Waals surface area contributed by atoms with Gasteiger partial charge in [0.2, 0.25) is 0 Å². The summed E-state index contributed by atoms with van der Waals surface area (Å²) in [4.78, 5) is 16.3. The van der Waals surface area contributed by atoms with Crippen LogP contribution in [0.4, 0.5) is 20.3 Å². The molecule has 3 aromatic rings. The number of aromatic nitrogens is 1. The maximum absolute atomic E-state index is 13.6. The number of hydrogen-bond acceptors (Lipinski definition) is 4. The zero-order valence-electron chi connectivity index (χ0n) is 14.5. The van der Waals surface area contributed by atoms with Crippen molar-refractivity contribution in [1.82, 2.24) is 4.98 Å². The van der Waals surface area contributed by atoms with E-state index in [1.165, 1.54) is 12.3 Å². The highest BCUT2D eigenvalue weighted by atomic mass is 19.1. The van der Waals surface area contributed by atoms with E-state index in [1.807, 2.05) is 24.3 Å². The number of amides is 1. The number of anilines is 2. The first kappa shape index (κ1) is 18.3. The Hall–Kier alpha value is -3.48. The minimum atomic E-state index is -0.839. The van der Waals surface area contributed by atoms with Gasteiger partial charge >= 0.3 is 0 Å². The van der Waals surface area contributed by atoms with Gasteiger partial charge in [0, 0.05) is 18.8 Å². The average molecular weight is 369 g/mol. The SMILES string of the molecule is COc1ccc(CNc2ccc(C(=O)Nc3ccc(F)cc3F)cn2)cc1. The number of carbonyl (C=O) groups is 1. The monoisotopic (exact) mass is 369 g/mol. The zero-order chi connectivity index (χ0) is 19.2. The molecule has 1 heterocycles. The Bertz CT molecular complexity index is 929. The molecule has 0 aliphatic carbocycles. The molecule has 0 aliphatic rings. The number of benzene rings is 2. The molecule has 1 aromatic heterocycles. The van der Waals surface area contributed by atoms with Gasteiger partial charge in [-0.25, -0.2) is 13.8 Å². The lowest BCUT2D eigenvalue weighted by Gasteiger charge is -2.09. The third-order valence-electron chi connectivity index (χ3n) is 3.84. The fourth-order valence-corrected chi connectivity index (χ4v) is 2.35.